The monoisotopic (exact) mass is 427 g/mol. The topological polar surface area (TPSA) is 88.6 Å². The molecular weight excluding hydrogens is 402 g/mol. The van der Waals surface area contributed by atoms with Crippen LogP contribution < -0.4 is 9.62 Å². The SMILES string of the molecule is O=C1CCc2cc(S(=O)(=O)N[C@@H](c3cccnc3)C3CCOCC3)cc3c2N1CC3. The van der Waals surface area contributed by atoms with Gasteiger partial charge in [-0.15, -0.1) is 0 Å². The minimum absolute atomic E-state index is 0.131. The van der Waals surface area contributed by atoms with E-state index in [1.807, 2.05) is 12.1 Å². The Morgan fingerprint density at radius 3 is 2.63 bits per heavy atom. The number of pyridine rings is 1. The van der Waals surface area contributed by atoms with E-state index in [0.29, 0.717) is 39.0 Å². The van der Waals surface area contributed by atoms with Crippen LogP contribution in [0.2, 0.25) is 0 Å². The highest BCUT2D eigenvalue weighted by Gasteiger charge is 2.35. The van der Waals surface area contributed by atoms with E-state index in [4.69, 9.17) is 4.74 Å². The van der Waals surface area contributed by atoms with Crippen LogP contribution in [0.3, 0.4) is 0 Å². The number of hydrogen-bond acceptors (Lipinski definition) is 5. The number of sulfonamides is 1. The lowest BCUT2D eigenvalue weighted by molar-refractivity contribution is -0.118. The molecule has 0 unspecified atom stereocenters. The molecule has 0 spiro atoms. The smallest absolute Gasteiger partial charge is 0.241 e. The fourth-order valence-corrected chi connectivity index (χ4v) is 6.26. The number of aromatic nitrogens is 1. The summed E-state index contributed by atoms with van der Waals surface area (Å²) in [5.74, 6) is 0.282. The number of carbonyl (C=O) groups is 1. The zero-order chi connectivity index (χ0) is 20.7. The highest BCUT2D eigenvalue weighted by molar-refractivity contribution is 7.89. The summed E-state index contributed by atoms with van der Waals surface area (Å²) >= 11 is 0. The van der Waals surface area contributed by atoms with Gasteiger partial charge in [0.25, 0.3) is 0 Å². The summed E-state index contributed by atoms with van der Waals surface area (Å²) in [5, 5.41) is 0. The Morgan fingerprint density at radius 2 is 1.90 bits per heavy atom. The van der Waals surface area contributed by atoms with E-state index in [-0.39, 0.29) is 22.8 Å². The highest BCUT2D eigenvalue weighted by Crippen LogP contribution is 2.39. The lowest BCUT2D eigenvalue weighted by Gasteiger charge is -2.31. The average Bonchev–Trinajstić information content (AvgIpc) is 3.21. The van der Waals surface area contributed by atoms with Crippen molar-refractivity contribution in [2.45, 2.75) is 43.0 Å². The van der Waals surface area contributed by atoms with Crippen LogP contribution in [0.25, 0.3) is 0 Å². The van der Waals surface area contributed by atoms with E-state index in [1.54, 1.807) is 29.4 Å². The first kappa shape index (κ1) is 19.7. The van der Waals surface area contributed by atoms with Gasteiger partial charge in [0.15, 0.2) is 0 Å². The zero-order valence-electron chi connectivity index (χ0n) is 16.7. The minimum Gasteiger partial charge on any atom is -0.381 e. The molecule has 0 saturated carbocycles. The number of amides is 1. The molecule has 0 bridgehead atoms. The van der Waals surface area contributed by atoms with E-state index in [9.17, 15) is 13.2 Å². The fourth-order valence-electron chi connectivity index (χ4n) is 4.86. The van der Waals surface area contributed by atoms with E-state index < -0.39 is 10.0 Å². The second-order valence-electron chi connectivity index (χ2n) is 8.22. The van der Waals surface area contributed by atoms with Crippen molar-refractivity contribution in [1.29, 1.82) is 0 Å². The van der Waals surface area contributed by atoms with Crippen LogP contribution in [0.5, 0.6) is 0 Å². The molecule has 158 valence electrons. The number of ether oxygens (including phenoxy) is 1. The molecule has 8 heteroatoms. The van der Waals surface area contributed by atoms with Crippen LogP contribution in [-0.2, 0) is 32.4 Å². The van der Waals surface area contributed by atoms with Crippen LogP contribution >= 0.6 is 0 Å². The third-order valence-electron chi connectivity index (χ3n) is 6.40. The lowest BCUT2D eigenvalue weighted by Crippen LogP contribution is -2.36. The zero-order valence-corrected chi connectivity index (χ0v) is 17.5. The summed E-state index contributed by atoms with van der Waals surface area (Å²) in [6.07, 6.45) is 6.75. The molecule has 1 N–H and O–H groups in total. The summed E-state index contributed by atoms with van der Waals surface area (Å²) in [4.78, 5) is 18.4. The number of hydrogen-bond donors (Lipinski definition) is 1. The van der Waals surface area contributed by atoms with Crippen molar-refractivity contribution in [3.8, 4) is 0 Å². The summed E-state index contributed by atoms with van der Waals surface area (Å²) < 4.78 is 35.3. The first-order valence-corrected chi connectivity index (χ1v) is 12.0. The van der Waals surface area contributed by atoms with Gasteiger partial charge in [0.2, 0.25) is 15.9 Å². The van der Waals surface area contributed by atoms with E-state index in [1.165, 1.54) is 0 Å². The van der Waals surface area contributed by atoms with E-state index in [2.05, 4.69) is 9.71 Å². The van der Waals surface area contributed by atoms with Gasteiger partial charge >= 0.3 is 0 Å². The van der Waals surface area contributed by atoms with Crippen LogP contribution in [0, 0.1) is 5.92 Å². The average molecular weight is 428 g/mol. The molecule has 3 aliphatic heterocycles. The largest absolute Gasteiger partial charge is 0.381 e. The second kappa shape index (κ2) is 7.76. The second-order valence-corrected chi connectivity index (χ2v) is 9.93. The first-order valence-electron chi connectivity index (χ1n) is 10.5. The molecule has 1 atom stereocenters. The number of benzene rings is 1. The van der Waals surface area contributed by atoms with Crippen LogP contribution in [0.15, 0.2) is 41.6 Å². The normalized spacial score (nSPS) is 20.3. The van der Waals surface area contributed by atoms with Gasteiger partial charge in [-0.3, -0.25) is 9.78 Å². The molecule has 0 radical (unpaired) electrons. The standard InChI is InChI=1S/C22H25N3O4S/c26-20-4-3-16-12-19(13-17-5-9-25(20)22(16)17)30(27,28)24-21(15-6-10-29-11-7-15)18-2-1-8-23-14-18/h1-2,8,12-15,21,24H,3-7,9-11H2/t21-/m1/s1. The molecule has 3 aliphatic rings. The fraction of sp³-hybridized carbons (Fsp3) is 0.455. The Balaban J connectivity index is 1.49. The molecule has 1 fully saturated rings. The Kier molecular flexibility index (Phi) is 5.08. The van der Waals surface area contributed by atoms with Crippen LogP contribution in [0.1, 0.15) is 42.0 Å². The van der Waals surface area contributed by atoms with Gasteiger partial charge in [-0.1, -0.05) is 6.07 Å². The van der Waals surface area contributed by atoms with Gasteiger partial charge in [-0.05, 0) is 66.5 Å². The molecule has 2 aromatic rings. The molecule has 1 aromatic heterocycles. The minimum atomic E-state index is -3.74. The maximum atomic E-state index is 13.4. The first-order chi connectivity index (χ1) is 14.5. The van der Waals surface area contributed by atoms with Crippen molar-refractivity contribution in [3.63, 3.8) is 0 Å². The molecule has 7 nitrogen and oxygen atoms in total. The highest BCUT2D eigenvalue weighted by atomic mass is 32.2. The van der Waals surface area contributed by atoms with Gasteiger partial charge in [0.1, 0.15) is 0 Å². The van der Waals surface area contributed by atoms with Crippen molar-refractivity contribution >= 4 is 21.6 Å². The lowest BCUT2D eigenvalue weighted by atomic mass is 9.88. The number of nitrogens with one attached hydrogen (secondary N) is 1. The number of rotatable bonds is 5. The molecule has 1 aromatic carbocycles. The Morgan fingerprint density at radius 1 is 1.13 bits per heavy atom. The summed E-state index contributed by atoms with van der Waals surface area (Å²) in [5.41, 5.74) is 3.70. The molecule has 30 heavy (non-hydrogen) atoms. The van der Waals surface area contributed by atoms with Gasteiger partial charge in [0, 0.05) is 38.6 Å². The number of carbonyl (C=O) groups excluding carboxylic acids is 1. The molecule has 0 aliphatic carbocycles. The third-order valence-corrected chi connectivity index (χ3v) is 7.82. The third kappa shape index (κ3) is 3.53. The summed E-state index contributed by atoms with van der Waals surface area (Å²) in [6, 6.07) is 6.89. The molecule has 1 amide bonds. The van der Waals surface area contributed by atoms with E-state index >= 15 is 0 Å². The predicted molar refractivity (Wildman–Crippen MR) is 112 cm³/mol. The molecule has 1 saturated heterocycles. The molecular formula is C22H25N3O4S. The van der Waals surface area contributed by atoms with Crippen molar-refractivity contribution < 1.29 is 17.9 Å². The molecule has 4 heterocycles. The Bertz CT molecular complexity index is 1070. The summed E-state index contributed by atoms with van der Waals surface area (Å²) in [6.45, 7) is 1.91. The quantitative estimate of drug-likeness (QED) is 0.791. The van der Waals surface area contributed by atoms with Crippen molar-refractivity contribution in [2.75, 3.05) is 24.7 Å². The van der Waals surface area contributed by atoms with Gasteiger partial charge in [0.05, 0.1) is 16.6 Å². The van der Waals surface area contributed by atoms with Gasteiger partial charge in [-0.25, -0.2) is 13.1 Å². The van der Waals surface area contributed by atoms with E-state index in [0.717, 1.165) is 35.2 Å². The van der Waals surface area contributed by atoms with Crippen molar-refractivity contribution in [2.24, 2.45) is 5.92 Å². The maximum Gasteiger partial charge on any atom is 0.241 e. The Labute approximate surface area is 176 Å². The Hall–Kier alpha value is -2.29. The van der Waals surface area contributed by atoms with Crippen molar-refractivity contribution in [1.82, 2.24) is 9.71 Å². The maximum absolute atomic E-state index is 13.4. The number of anilines is 1. The van der Waals surface area contributed by atoms with Gasteiger partial charge in [-0.2, -0.15) is 0 Å². The van der Waals surface area contributed by atoms with Crippen molar-refractivity contribution in [3.05, 3.63) is 53.3 Å². The summed E-state index contributed by atoms with van der Waals surface area (Å²) in [7, 11) is -3.74. The predicted octanol–water partition coefficient (Wildman–Crippen LogP) is 2.36. The number of nitrogens with zero attached hydrogens (tertiary/aromatic N) is 2. The van der Waals surface area contributed by atoms with Gasteiger partial charge < -0.3 is 9.64 Å². The van der Waals surface area contributed by atoms with Crippen LogP contribution in [-0.4, -0.2) is 39.1 Å². The van der Waals surface area contributed by atoms with Crippen LogP contribution in [0.4, 0.5) is 5.69 Å². The number of aryl methyl sites for hydroxylation is 1. The molecule has 5 rings (SSSR count).